The Labute approximate surface area is 181 Å². The molecule has 30 heavy (non-hydrogen) atoms. The zero-order chi connectivity index (χ0) is 21.1. The quantitative estimate of drug-likeness (QED) is 0.481. The van der Waals surface area contributed by atoms with Crippen LogP contribution in [0.3, 0.4) is 0 Å². The lowest BCUT2D eigenvalue weighted by Gasteiger charge is -2.13. The molecule has 0 atom stereocenters. The number of carbonyl (C=O) groups is 1. The van der Waals surface area contributed by atoms with Crippen LogP contribution in [0.2, 0.25) is 0 Å². The van der Waals surface area contributed by atoms with Crippen molar-refractivity contribution in [2.24, 2.45) is 0 Å². The minimum Gasteiger partial charge on any atom is -0.455 e. The predicted molar refractivity (Wildman–Crippen MR) is 119 cm³/mol. The van der Waals surface area contributed by atoms with Crippen molar-refractivity contribution in [3.05, 3.63) is 59.9 Å². The first-order chi connectivity index (χ1) is 14.5. The molecule has 3 aromatic rings. The van der Waals surface area contributed by atoms with Crippen LogP contribution in [0.4, 0.5) is 5.69 Å². The highest BCUT2D eigenvalue weighted by Gasteiger charge is 2.30. The number of anilines is 1. The van der Waals surface area contributed by atoms with E-state index in [4.69, 9.17) is 4.74 Å². The van der Waals surface area contributed by atoms with Crippen molar-refractivity contribution in [2.45, 2.75) is 50.7 Å². The molecule has 0 aliphatic heterocycles. The van der Waals surface area contributed by atoms with E-state index in [-0.39, 0.29) is 11.7 Å². The SMILES string of the molecule is Cc1ccc(Oc2ccccc2NC(=O)CSc2nnc(C(C)C)n2C2CC2)cc1. The van der Waals surface area contributed by atoms with Crippen molar-refractivity contribution in [3.8, 4) is 11.5 Å². The van der Waals surface area contributed by atoms with Crippen molar-refractivity contribution < 1.29 is 9.53 Å². The van der Waals surface area contributed by atoms with Gasteiger partial charge >= 0.3 is 0 Å². The Hall–Kier alpha value is -2.80. The van der Waals surface area contributed by atoms with Crippen LogP contribution in [0.25, 0.3) is 0 Å². The van der Waals surface area contributed by atoms with Gasteiger partial charge in [-0.25, -0.2) is 0 Å². The van der Waals surface area contributed by atoms with E-state index in [0.29, 0.717) is 23.4 Å². The second-order valence-electron chi connectivity index (χ2n) is 7.84. The third kappa shape index (κ3) is 4.84. The topological polar surface area (TPSA) is 69.0 Å². The maximum atomic E-state index is 12.6. The highest BCUT2D eigenvalue weighted by Crippen LogP contribution is 2.40. The van der Waals surface area contributed by atoms with Crippen molar-refractivity contribution in [2.75, 3.05) is 11.1 Å². The fourth-order valence-corrected chi connectivity index (χ4v) is 3.98. The second kappa shape index (κ2) is 8.92. The van der Waals surface area contributed by atoms with Gasteiger partial charge in [-0.05, 0) is 44.0 Å². The maximum absolute atomic E-state index is 12.6. The fourth-order valence-electron chi connectivity index (χ4n) is 3.16. The smallest absolute Gasteiger partial charge is 0.234 e. The molecule has 1 heterocycles. The molecule has 1 N–H and O–H groups in total. The van der Waals surface area contributed by atoms with Crippen molar-refractivity contribution in [1.29, 1.82) is 0 Å². The summed E-state index contributed by atoms with van der Waals surface area (Å²) < 4.78 is 8.17. The molecule has 1 saturated carbocycles. The molecule has 7 heteroatoms. The number of aryl methyl sites for hydroxylation is 1. The molecule has 0 saturated heterocycles. The number of para-hydroxylation sites is 2. The molecule has 2 aromatic carbocycles. The van der Waals surface area contributed by atoms with E-state index in [9.17, 15) is 4.79 Å². The van der Waals surface area contributed by atoms with Gasteiger partial charge in [-0.3, -0.25) is 4.79 Å². The maximum Gasteiger partial charge on any atom is 0.234 e. The van der Waals surface area contributed by atoms with Crippen LogP contribution >= 0.6 is 11.8 Å². The number of amides is 1. The molecule has 0 bridgehead atoms. The minimum atomic E-state index is -0.101. The molecular formula is C23H26N4O2S. The zero-order valence-corrected chi connectivity index (χ0v) is 18.3. The Bertz CT molecular complexity index is 1030. The van der Waals surface area contributed by atoms with Crippen molar-refractivity contribution >= 4 is 23.4 Å². The van der Waals surface area contributed by atoms with Crippen LogP contribution < -0.4 is 10.1 Å². The fraction of sp³-hybridized carbons (Fsp3) is 0.348. The molecule has 0 spiro atoms. The van der Waals surface area contributed by atoms with Gasteiger partial charge in [0.1, 0.15) is 11.6 Å². The third-order valence-corrected chi connectivity index (χ3v) is 5.80. The van der Waals surface area contributed by atoms with Gasteiger partial charge in [0.25, 0.3) is 0 Å². The number of nitrogens with zero attached hydrogens (tertiary/aromatic N) is 3. The molecule has 1 aromatic heterocycles. The molecule has 1 aliphatic rings. The second-order valence-corrected chi connectivity index (χ2v) is 8.79. The van der Waals surface area contributed by atoms with E-state index in [1.54, 1.807) is 0 Å². The summed E-state index contributed by atoms with van der Waals surface area (Å²) in [5, 5.41) is 12.5. The van der Waals surface area contributed by atoms with Gasteiger partial charge in [0.15, 0.2) is 10.9 Å². The Morgan fingerprint density at radius 3 is 2.60 bits per heavy atom. The summed E-state index contributed by atoms with van der Waals surface area (Å²) in [4.78, 5) is 12.6. The average Bonchev–Trinajstić information content (AvgIpc) is 3.48. The molecule has 156 valence electrons. The average molecular weight is 423 g/mol. The van der Waals surface area contributed by atoms with Gasteiger partial charge in [-0.1, -0.05) is 55.4 Å². The minimum absolute atomic E-state index is 0.101. The lowest BCUT2D eigenvalue weighted by Crippen LogP contribution is -2.15. The summed E-state index contributed by atoms with van der Waals surface area (Å²) in [6, 6.07) is 15.8. The molecule has 1 fully saturated rings. The summed E-state index contributed by atoms with van der Waals surface area (Å²) in [7, 11) is 0. The Balaban J connectivity index is 1.41. The van der Waals surface area contributed by atoms with E-state index in [1.807, 2.05) is 55.5 Å². The van der Waals surface area contributed by atoms with Crippen LogP contribution in [0, 0.1) is 6.92 Å². The number of ether oxygens (including phenoxy) is 1. The summed E-state index contributed by atoms with van der Waals surface area (Å²) in [5.74, 6) is 2.82. The number of benzene rings is 2. The lowest BCUT2D eigenvalue weighted by molar-refractivity contribution is -0.113. The van der Waals surface area contributed by atoms with Gasteiger partial charge < -0.3 is 14.6 Å². The summed E-state index contributed by atoms with van der Waals surface area (Å²) in [6.07, 6.45) is 2.31. The first-order valence-electron chi connectivity index (χ1n) is 10.2. The number of aromatic nitrogens is 3. The summed E-state index contributed by atoms with van der Waals surface area (Å²) in [6.45, 7) is 6.27. The number of carbonyl (C=O) groups excluding carboxylic acids is 1. The number of hydrogen-bond acceptors (Lipinski definition) is 5. The standard InChI is InChI=1S/C23H26N4O2S/c1-15(2)22-25-26-23(27(22)17-10-11-17)30-14-21(28)24-19-6-4-5-7-20(19)29-18-12-8-16(3)9-13-18/h4-9,12-13,15,17H,10-11,14H2,1-3H3,(H,24,28). The number of hydrogen-bond donors (Lipinski definition) is 1. The van der Waals surface area contributed by atoms with E-state index in [0.717, 1.165) is 29.6 Å². The van der Waals surface area contributed by atoms with Gasteiger partial charge in [-0.2, -0.15) is 0 Å². The molecule has 0 unspecified atom stereocenters. The number of rotatable bonds is 8. The number of nitrogens with one attached hydrogen (secondary N) is 1. The van der Waals surface area contributed by atoms with Gasteiger partial charge in [-0.15, -0.1) is 10.2 Å². The van der Waals surface area contributed by atoms with Crippen molar-refractivity contribution in [1.82, 2.24) is 14.8 Å². The van der Waals surface area contributed by atoms with E-state index < -0.39 is 0 Å². The van der Waals surface area contributed by atoms with Crippen LogP contribution in [0.5, 0.6) is 11.5 Å². The van der Waals surface area contributed by atoms with Crippen LogP contribution in [0.15, 0.2) is 53.7 Å². The molecular weight excluding hydrogens is 396 g/mol. The molecule has 1 aliphatic carbocycles. The van der Waals surface area contributed by atoms with E-state index in [2.05, 4.69) is 33.9 Å². The van der Waals surface area contributed by atoms with Crippen LogP contribution in [-0.4, -0.2) is 26.4 Å². The lowest BCUT2D eigenvalue weighted by atomic mass is 10.2. The summed E-state index contributed by atoms with van der Waals surface area (Å²) in [5.41, 5.74) is 1.82. The Morgan fingerprint density at radius 2 is 1.90 bits per heavy atom. The molecule has 6 nitrogen and oxygen atoms in total. The summed E-state index contributed by atoms with van der Waals surface area (Å²) >= 11 is 1.43. The number of thioether (sulfide) groups is 1. The first kappa shape index (κ1) is 20.5. The molecule has 0 radical (unpaired) electrons. The van der Waals surface area contributed by atoms with Crippen LogP contribution in [-0.2, 0) is 4.79 Å². The molecule has 4 rings (SSSR count). The van der Waals surface area contributed by atoms with E-state index in [1.165, 1.54) is 17.3 Å². The van der Waals surface area contributed by atoms with E-state index >= 15 is 0 Å². The van der Waals surface area contributed by atoms with Crippen LogP contribution in [0.1, 0.15) is 50.0 Å². The Morgan fingerprint density at radius 1 is 1.17 bits per heavy atom. The van der Waals surface area contributed by atoms with Crippen molar-refractivity contribution in [3.63, 3.8) is 0 Å². The Kier molecular flexibility index (Phi) is 6.08. The monoisotopic (exact) mass is 422 g/mol. The normalized spacial score (nSPS) is 13.5. The predicted octanol–water partition coefficient (Wildman–Crippen LogP) is 5.57. The van der Waals surface area contributed by atoms with Gasteiger partial charge in [0.05, 0.1) is 11.4 Å². The van der Waals surface area contributed by atoms with Gasteiger partial charge in [0, 0.05) is 12.0 Å². The zero-order valence-electron chi connectivity index (χ0n) is 17.5. The first-order valence-corrected chi connectivity index (χ1v) is 11.2. The highest BCUT2D eigenvalue weighted by molar-refractivity contribution is 7.99. The van der Waals surface area contributed by atoms with Gasteiger partial charge in [0.2, 0.25) is 5.91 Å². The third-order valence-electron chi connectivity index (χ3n) is 4.86. The highest BCUT2D eigenvalue weighted by atomic mass is 32.2. The largest absolute Gasteiger partial charge is 0.455 e. The molecule has 1 amide bonds.